The van der Waals surface area contributed by atoms with Gasteiger partial charge in [-0.1, -0.05) is 6.07 Å². The lowest BCUT2D eigenvalue weighted by atomic mass is 10.1. The Hall–Kier alpha value is -2.66. The smallest absolute Gasteiger partial charge is 0.256 e. The zero-order chi connectivity index (χ0) is 15.4. The molecule has 0 unspecified atom stereocenters. The number of hydrogen-bond donors (Lipinski definition) is 1. The number of pyridine rings is 1. The molecule has 0 radical (unpaired) electrons. The van der Waals surface area contributed by atoms with Crippen LogP contribution < -0.4 is 5.32 Å². The molecule has 5 nitrogen and oxygen atoms in total. The van der Waals surface area contributed by atoms with E-state index in [1.807, 2.05) is 36.5 Å². The Balaban J connectivity index is 1.90. The van der Waals surface area contributed by atoms with E-state index in [0.29, 0.717) is 17.9 Å². The zero-order valence-corrected chi connectivity index (χ0v) is 12.3. The van der Waals surface area contributed by atoms with Gasteiger partial charge in [-0.15, -0.1) is 0 Å². The van der Waals surface area contributed by atoms with E-state index in [0.717, 1.165) is 17.4 Å². The van der Waals surface area contributed by atoms with E-state index in [2.05, 4.69) is 14.9 Å². The van der Waals surface area contributed by atoms with Crippen molar-refractivity contribution in [3.8, 4) is 0 Å². The van der Waals surface area contributed by atoms with Crippen molar-refractivity contribution in [2.45, 2.75) is 6.54 Å². The monoisotopic (exact) mass is 295 g/mol. The molecular formula is C17H17N3O2. The summed E-state index contributed by atoms with van der Waals surface area (Å²) in [7, 11) is 1.68. The molecule has 0 saturated heterocycles. The molecule has 3 rings (SSSR count). The fraction of sp³-hybridized carbons (Fsp3) is 0.176. The Bertz CT molecular complexity index is 781. The van der Waals surface area contributed by atoms with Crippen LogP contribution in [0, 0.1) is 0 Å². The number of amides is 1. The van der Waals surface area contributed by atoms with Gasteiger partial charge in [0.2, 0.25) is 0 Å². The Morgan fingerprint density at radius 3 is 2.95 bits per heavy atom. The lowest BCUT2D eigenvalue weighted by molar-refractivity contribution is 0.102. The molecule has 0 aliphatic rings. The third kappa shape index (κ3) is 2.84. The summed E-state index contributed by atoms with van der Waals surface area (Å²) in [6, 6.07) is 11.3. The van der Waals surface area contributed by atoms with Crippen molar-refractivity contribution in [1.82, 2.24) is 9.55 Å². The number of anilines is 1. The first-order chi connectivity index (χ1) is 10.8. The highest BCUT2D eigenvalue weighted by Crippen LogP contribution is 2.21. The third-order valence-corrected chi connectivity index (χ3v) is 3.51. The average molecular weight is 295 g/mol. The average Bonchev–Trinajstić information content (AvgIpc) is 2.97. The van der Waals surface area contributed by atoms with Gasteiger partial charge in [0.05, 0.1) is 18.5 Å². The highest BCUT2D eigenvalue weighted by atomic mass is 16.5. The van der Waals surface area contributed by atoms with Crippen molar-refractivity contribution < 1.29 is 9.53 Å². The topological polar surface area (TPSA) is 56.1 Å². The number of nitrogens with one attached hydrogen (secondary N) is 1. The molecule has 0 aliphatic heterocycles. The lowest BCUT2D eigenvalue weighted by Gasteiger charge is -2.08. The molecule has 0 bridgehead atoms. The molecule has 0 aliphatic carbocycles. The van der Waals surface area contributed by atoms with Gasteiger partial charge in [-0.25, -0.2) is 0 Å². The summed E-state index contributed by atoms with van der Waals surface area (Å²) in [4.78, 5) is 16.5. The van der Waals surface area contributed by atoms with Crippen LogP contribution in [-0.2, 0) is 11.3 Å². The van der Waals surface area contributed by atoms with Crippen molar-refractivity contribution in [3.05, 3.63) is 60.6 Å². The van der Waals surface area contributed by atoms with Crippen LogP contribution in [-0.4, -0.2) is 29.2 Å². The standard InChI is InChI=1S/C17H17N3O2/c1-22-11-10-20-9-7-14-15(5-2-6-16(14)20)17(21)19-13-4-3-8-18-12-13/h2-9,12H,10-11H2,1H3,(H,19,21). The lowest BCUT2D eigenvalue weighted by Crippen LogP contribution is -2.12. The van der Waals surface area contributed by atoms with Crippen LogP contribution in [0.4, 0.5) is 5.69 Å². The van der Waals surface area contributed by atoms with Crippen molar-refractivity contribution in [2.24, 2.45) is 0 Å². The van der Waals surface area contributed by atoms with E-state index < -0.39 is 0 Å². The molecule has 3 aromatic rings. The third-order valence-electron chi connectivity index (χ3n) is 3.51. The molecule has 22 heavy (non-hydrogen) atoms. The van der Waals surface area contributed by atoms with Crippen molar-refractivity contribution in [1.29, 1.82) is 0 Å². The van der Waals surface area contributed by atoms with E-state index in [1.54, 1.807) is 25.6 Å². The summed E-state index contributed by atoms with van der Waals surface area (Å²) < 4.78 is 7.20. The van der Waals surface area contributed by atoms with E-state index >= 15 is 0 Å². The zero-order valence-electron chi connectivity index (χ0n) is 12.3. The number of carbonyl (C=O) groups excluding carboxylic acids is 1. The van der Waals surface area contributed by atoms with Crippen LogP contribution in [0.15, 0.2) is 55.0 Å². The van der Waals surface area contributed by atoms with Crippen molar-refractivity contribution >= 4 is 22.5 Å². The first-order valence-electron chi connectivity index (χ1n) is 7.08. The summed E-state index contributed by atoms with van der Waals surface area (Å²) in [5, 5.41) is 3.80. The fourth-order valence-corrected chi connectivity index (χ4v) is 2.44. The maximum atomic E-state index is 12.5. The Labute approximate surface area is 128 Å². The second-order valence-corrected chi connectivity index (χ2v) is 4.94. The minimum Gasteiger partial charge on any atom is -0.383 e. The van der Waals surface area contributed by atoms with Gasteiger partial charge >= 0.3 is 0 Å². The number of rotatable bonds is 5. The quantitative estimate of drug-likeness (QED) is 0.787. The molecule has 0 atom stereocenters. The molecule has 2 aromatic heterocycles. The maximum Gasteiger partial charge on any atom is 0.256 e. The molecule has 112 valence electrons. The summed E-state index contributed by atoms with van der Waals surface area (Å²) in [5.41, 5.74) is 2.36. The molecular weight excluding hydrogens is 278 g/mol. The van der Waals surface area contributed by atoms with Crippen LogP contribution in [0.5, 0.6) is 0 Å². The minimum absolute atomic E-state index is 0.136. The summed E-state index contributed by atoms with van der Waals surface area (Å²) in [6.07, 6.45) is 5.28. The van der Waals surface area contributed by atoms with Crippen LogP contribution in [0.2, 0.25) is 0 Å². The number of fused-ring (bicyclic) bond motifs is 1. The molecule has 1 amide bonds. The number of aromatic nitrogens is 2. The number of benzene rings is 1. The van der Waals surface area contributed by atoms with Gasteiger partial charge in [0, 0.05) is 42.5 Å². The molecule has 0 spiro atoms. The van der Waals surface area contributed by atoms with E-state index in [1.165, 1.54) is 0 Å². The van der Waals surface area contributed by atoms with Crippen LogP contribution in [0.3, 0.4) is 0 Å². The normalized spacial score (nSPS) is 10.8. The number of nitrogens with zero attached hydrogens (tertiary/aromatic N) is 2. The van der Waals surface area contributed by atoms with Gasteiger partial charge in [-0.3, -0.25) is 9.78 Å². The second-order valence-electron chi connectivity index (χ2n) is 4.94. The molecule has 1 aromatic carbocycles. The summed E-state index contributed by atoms with van der Waals surface area (Å²) in [6.45, 7) is 1.39. The summed E-state index contributed by atoms with van der Waals surface area (Å²) in [5.74, 6) is -0.136. The molecule has 5 heteroatoms. The van der Waals surface area contributed by atoms with Gasteiger partial charge < -0.3 is 14.6 Å². The van der Waals surface area contributed by atoms with Gasteiger partial charge in [0.15, 0.2) is 0 Å². The number of hydrogen-bond acceptors (Lipinski definition) is 3. The van der Waals surface area contributed by atoms with Crippen LogP contribution in [0.1, 0.15) is 10.4 Å². The van der Waals surface area contributed by atoms with Gasteiger partial charge in [-0.05, 0) is 30.3 Å². The summed E-state index contributed by atoms with van der Waals surface area (Å²) >= 11 is 0. The number of ether oxygens (including phenoxy) is 1. The SMILES string of the molecule is COCCn1ccc2c(C(=O)Nc3cccnc3)cccc21. The first-order valence-corrected chi connectivity index (χ1v) is 7.08. The maximum absolute atomic E-state index is 12.5. The highest BCUT2D eigenvalue weighted by molar-refractivity contribution is 6.12. The van der Waals surface area contributed by atoms with Crippen molar-refractivity contribution in [3.63, 3.8) is 0 Å². The van der Waals surface area contributed by atoms with Crippen molar-refractivity contribution in [2.75, 3.05) is 19.0 Å². The predicted octanol–water partition coefficient (Wildman–Crippen LogP) is 2.94. The Kier molecular flexibility index (Phi) is 4.16. The number of carbonyl (C=O) groups is 1. The van der Waals surface area contributed by atoms with Gasteiger partial charge in [0.25, 0.3) is 5.91 Å². The number of methoxy groups -OCH3 is 1. The van der Waals surface area contributed by atoms with E-state index in [-0.39, 0.29) is 5.91 Å². The van der Waals surface area contributed by atoms with Gasteiger partial charge in [0.1, 0.15) is 0 Å². The van der Waals surface area contributed by atoms with Crippen LogP contribution in [0.25, 0.3) is 10.9 Å². The molecule has 0 saturated carbocycles. The Morgan fingerprint density at radius 1 is 1.27 bits per heavy atom. The van der Waals surface area contributed by atoms with E-state index in [4.69, 9.17) is 4.74 Å². The molecule has 0 fully saturated rings. The predicted molar refractivity (Wildman–Crippen MR) is 86.0 cm³/mol. The first kappa shape index (κ1) is 14.3. The molecule has 1 N–H and O–H groups in total. The highest BCUT2D eigenvalue weighted by Gasteiger charge is 2.12. The fourth-order valence-electron chi connectivity index (χ4n) is 2.44. The van der Waals surface area contributed by atoms with Gasteiger partial charge in [-0.2, -0.15) is 0 Å². The van der Waals surface area contributed by atoms with Crippen LogP contribution >= 0.6 is 0 Å². The second kappa shape index (κ2) is 6.41. The largest absolute Gasteiger partial charge is 0.383 e. The molecule has 2 heterocycles. The van der Waals surface area contributed by atoms with E-state index in [9.17, 15) is 4.79 Å². The minimum atomic E-state index is -0.136. The Morgan fingerprint density at radius 2 is 2.18 bits per heavy atom.